The van der Waals surface area contributed by atoms with Gasteiger partial charge in [-0.3, -0.25) is 0 Å². The molecule has 0 bridgehead atoms. The molecule has 17 heavy (non-hydrogen) atoms. The van der Waals surface area contributed by atoms with E-state index < -0.39 is 0 Å². The van der Waals surface area contributed by atoms with Crippen molar-refractivity contribution in [1.29, 1.82) is 0 Å². The zero-order valence-corrected chi connectivity index (χ0v) is 9.48. The average Bonchev–Trinajstić information content (AvgIpc) is 2.81. The zero-order valence-electron chi connectivity index (χ0n) is 8.66. The highest BCUT2D eigenvalue weighted by Gasteiger charge is 2.07. The van der Waals surface area contributed by atoms with E-state index in [0.717, 1.165) is 15.4 Å². The van der Waals surface area contributed by atoms with Crippen molar-refractivity contribution >= 4 is 28.7 Å². The molecule has 0 fully saturated rings. The highest BCUT2D eigenvalue weighted by atomic mass is 32.2. The summed E-state index contributed by atoms with van der Waals surface area (Å²) in [5.74, 6) is 0.503. The molecule has 3 heterocycles. The van der Waals surface area contributed by atoms with Gasteiger partial charge in [0.2, 0.25) is 0 Å². The van der Waals surface area contributed by atoms with Crippen LogP contribution in [0.25, 0.3) is 11.2 Å². The van der Waals surface area contributed by atoms with Gasteiger partial charge in [-0.2, -0.15) is 0 Å². The first kappa shape index (κ1) is 10.0. The predicted molar refractivity (Wildman–Crippen MR) is 64.5 cm³/mol. The minimum absolute atomic E-state index is 0.503. The fraction of sp³-hybridized carbons (Fsp3) is 0. The fourth-order valence-corrected chi connectivity index (χ4v) is 2.20. The lowest BCUT2D eigenvalue weighted by atomic mass is 10.5. The molecule has 7 heteroatoms. The molecule has 0 unspecified atom stereocenters. The lowest BCUT2D eigenvalue weighted by molar-refractivity contribution is 1.08. The van der Waals surface area contributed by atoms with Crippen LogP contribution in [0.5, 0.6) is 0 Å². The van der Waals surface area contributed by atoms with Gasteiger partial charge in [0.05, 0.1) is 6.33 Å². The van der Waals surface area contributed by atoms with Crippen LogP contribution in [0.4, 0.5) is 5.82 Å². The quantitative estimate of drug-likeness (QED) is 0.663. The number of nitrogens with zero attached hydrogens (tertiary/aromatic N) is 4. The second-order valence-corrected chi connectivity index (χ2v) is 4.36. The summed E-state index contributed by atoms with van der Waals surface area (Å²) in [7, 11) is 0. The van der Waals surface area contributed by atoms with Gasteiger partial charge < -0.3 is 10.7 Å². The molecule has 0 atom stereocenters. The number of nitrogens with two attached hydrogens (primary N) is 1. The molecule has 6 nitrogen and oxygen atoms in total. The number of aromatic nitrogens is 5. The summed E-state index contributed by atoms with van der Waals surface area (Å²) in [5, 5.41) is 0.819. The molecule has 0 aliphatic heterocycles. The van der Waals surface area contributed by atoms with Crippen LogP contribution in [0.1, 0.15) is 0 Å². The maximum Gasteiger partial charge on any atom is 0.181 e. The van der Waals surface area contributed by atoms with Gasteiger partial charge in [0.15, 0.2) is 5.65 Å². The largest absolute Gasteiger partial charge is 0.384 e. The van der Waals surface area contributed by atoms with E-state index >= 15 is 0 Å². The molecular weight excluding hydrogens is 236 g/mol. The molecule has 3 aromatic heterocycles. The fourth-order valence-electron chi connectivity index (χ4n) is 1.38. The number of aromatic amines is 1. The first-order valence-corrected chi connectivity index (χ1v) is 5.68. The lowest BCUT2D eigenvalue weighted by Gasteiger charge is -2.01. The summed E-state index contributed by atoms with van der Waals surface area (Å²) in [6.45, 7) is 0. The van der Waals surface area contributed by atoms with Gasteiger partial charge in [-0.15, -0.1) is 0 Å². The van der Waals surface area contributed by atoms with Gasteiger partial charge in [-0.05, 0) is 12.1 Å². The van der Waals surface area contributed by atoms with Crippen molar-refractivity contribution in [3.05, 3.63) is 31.0 Å². The SMILES string of the molecule is Nc1ccc(Sc2ncnc3nc[nH]c23)cn1. The highest BCUT2D eigenvalue weighted by Crippen LogP contribution is 2.29. The Balaban J connectivity index is 1.99. The van der Waals surface area contributed by atoms with Crippen molar-refractivity contribution in [2.45, 2.75) is 9.92 Å². The zero-order chi connectivity index (χ0) is 11.7. The van der Waals surface area contributed by atoms with Crippen LogP contribution >= 0.6 is 11.8 Å². The molecule has 0 saturated carbocycles. The Kier molecular flexibility index (Phi) is 2.37. The van der Waals surface area contributed by atoms with Crippen LogP contribution in [-0.4, -0.2) is 24.9 Å². The van der Waals surface area contributed by atoms with E-state index in [0.29, 0.717) is 11.5 Å². The van der Waals surface area contributed by atoms with E-state index in [2.05, 4.69) is 24.9 Å². The highest BCUT2D eigenvalue weighted by molar-refractivity contribution is 7.99. The molecule has 0 spiro atoms. The number of hydrogen-bond acceptors (Lipinski definition) is 6. The van der Waals surface area contributed by atoms with Crippen LogP contribution in [0.15, 0.2) is 40.9 Å². The van der Waals surface area contributed by atoms with Crippen LogP contribution in [0, 0.1) is 0 Å². The van der Waals surface area contributed by atoms with Gasteiger partial charge >= 0.3 is 0 Å². The van der Waals surface area contributed by atoms with Crippen molar-refractivity contribution in [2.75, 3.05) is 5.73 Å². The predicted octanol–water partition coefficient (Wildman–Crippen LogP) is 1.48. The second kappa shape index (κ2) is 4.02. The molecule has 0 saturated heterocycles. The van der Waals surface area contributed by atoms with Crippen LogP contribution in [0.3, 0.4) is 0 Å². The average molecular weight is 244 g/mol. The Morgan fingerprint density at radius 3 is 2.88 bits per heavy atom. The van der Waals surface area contributed by atoms with E-state index in [1.165, 1.54) is 18.1 Å². The molecule has 0 aliphatic carbocycles. The van der Waals surface area contributed by atoms with E-state index in [1.54, 1.807) is 18.6 Å². The number of H-pyrrole nitrogens is 1. The molecule has 84 valence electrons. The van der Waals surface area contributed by atoms with Gasteiger partial charge in [0.1, 0.15) is 22.7 Å². The third-order valence-electron chi connectivity index (χ3n) is 2.16. The second-order valence-electron chi connectivity index (χ2n) is 3.30. The van der Waals surface area contributed by atoms with Crippen molar-refractivity contribution in [1.82, 2.24) is 24.9 Å². The van der Waals surface area contributed by atoms with E-state index in [-0.39, 0.29) is 0 Å². The molecule has 0 radical (unpaired) electrons. The number of fused-ring (bicyclic) bond motifs is 1. The van der Waals surface area contributed by atoms with Crippen molar-refractivity contribution in [3.8, 4) is 0 Å². The minimum Gasteiger partial charge on any atom is -0.384 e. The van der Waals surface area contributed by atoms with Crippen LogP contribution in [-0.2, 0) is 0 Å². The summed E-state index contributed by atoms with van der Waals surface area (Å²) in [6.07, 6.45) is 4.81. The molecule has 0 aromatic carbocycles. The summed E-state index contributed by atoms with van der Waals surface area (Å²) in [5.41, 5.74) is 7.02. The Morgan fingerprint density at radius 2 is 2.06 bits per heavy atom. The minimum atomic E-state index is 0.503. The number of anilines is 1. The number of nitrogens with one attached hydrogen (secondary N) is 1. The van der Waals surface area contributed by atoms with Gasteiger partial charge in [-0.25, -0.2) is 19.9 Å². The maximum atomic E-state index is 5.53. The van der Waals surface area contributed by atoms with Crippen LogP contribution < -0.4 is 5.73 Å². The van der Waals surface area contributed by atoms with Crippen LogP contribution in [0.2, 0.25) is 0 Å². The topological polar surface area (TPSA) is 93.4 Å². The number of rotatable bonds is 2. The number of nitrogen functional groups attached to an aromatic ring is 1. The molecule has 0 amide bonds. The van der Waals surface area contributed by atoms with E-state index in [9.17, 15) is 0 Å². The monoisotopic (exact) mass is 244 g/mol. The van der Waals surface area contributed by atoms with Crippen molar-refractivity contribution in [2.24, 2.45) is 0 Å². The van der Waals surface area contributed by atoms with Crippen molar-refractivity contribution < 1.29 is 0 Å². The number of hydrogen-bond donors (Lipinski definition) is 2. The summed E-state index contributed by atoms with van der Waals surface area (Å²) in [6, 6.07) is 3.66. The molecular formula is C10H8N6S. The molecule has 3 N–H and O–H groups in total. The third kappa shape index (κ3) is 1.92. The van der Waals surface area contributed by atoms with E-state index in [4.69, 9.17) is 5.73 Å². The Labute approximate surface area is 101 Å². The van der Waals surface area contributed by atoms with Crippen molar-refractivity contribution in [3.63, 3.8) is 0 Å². The van der Waals surface area contributed by atoms with Gasteiger partial charge in [0.25, 0.3) is 0 Å². The number of pyridine rings is 1. The normalized spacial score (nSPS) is 10.8. The van der Waals surface area contributed by atoms with Gasteiger partial charge in [0, 0.05) is 11.1 Å². The molecule has 3 aromatic rings. The Morgan fingerprint density at radius 1 is 1.12 bits per heavy atom. The van der Waals surface area contributed by atoms with E-state index in [1.807, 2.05) is 6.07 Å². The van der Waals surface area contributed by atoms with Gasteiger partial charge in [-0.1, -0.05) is 11.8 Å². The summed E-state index contributed by atoms with van der Waals surface area (Å²) >= 11 is 1.49. The summed E-state index contributed by atoms with van der Waals surface area (Å²) in [4.78, 5) is 20.4. The Bertz CT molecular complexity index is 647. The maximum absolute atomic E-state index is 5.53. The first-order chi connectivity index (χ1) is 8.33. The lowest BCUT2D eigenvalue weighted by Crippen LogP contribution is -1.89. The number of imidazole rings is 1. The smallest absolute Gasteiger partial charge is 0.181 e. The molecule has 0 aliphatic rings. The standard InChI is InChI=1S/C10H8N6S/c11-7-2-1-6(3-12-7)17-10-8-9(14-4-13-8)15-5-16-10/h1-5H,(H2,11,12)(H,13,14,15,16). The summed E-state index contributed by atoms with van der Waals surface area (Å²) < 4.78 is 0. The first-order valence-electron chi connectivity index (χ1n) is 4.86. The molecule has 3 rings (SSSR count). The third-order valence-corrected chi connectivity index (χ3v) is 3.14. The Hall–Kier alpha value is -2.15.